The molecule has 1 aliphatic rings. The van der Waals surface area contributed by atoms with Crippen LogP contribution in [0.2, 0.25) is 0 Å². The number of aryl methyl sites for hydroxylation is 1. The van der Waals surface area contributed by atoms with Gasteiger partial charge in [-0.15, -0.1) is 12.4 Å². The van der Waals surface area contributed by atoms with Crippen LogP contribution in [0.25, 0.3) is 0 Å². The largest absolute Gasteiger partial charge is 0.347 e. The zero-order chi connectivity index (χ0) is 15.4. The van der Waals surface area contributed by atoms with Gasteiger partial charge in [-0.3, -0.25) is 9.78 Å². The molecule has 2 heterocycles. The van der Waals surface area contributed by atoms with E-state index in [-0.39, 0.29) is 30.3 Å². The summed E-state index contributed by atoms with van der Waals surface area (Å²) in [6.07, 6.45) is 2.53. The second kappa shape index (κ2) is 8.09. The first-order valence-corrected chi connectivity index (χ1v) is 7.70. The van der Waals surface area contributed by atoms with Gasteiger partial charge in [-0.1, -0.05) is 35.9 Å². The molecule has 1 atom stereocenters. The van der Waals surface area contributed by atoms with Gasteiger partial charge in [0.05, 0.1) is 17.7 Å². The lowest BCUT2D eigenvalue weighted by Gasteiger charge is -2.28. The molecule has 23 heavy (non-hydrogen) atoms. The van der Waals surface area contributed by atoms with E-state index in [1.807, 2.05) is 18.2 Å². The van der Waals surface area contributed by atoms with Crippen LogP contribution in [-0.2, 0) is 11.2 Å². The highest BCUT2D eigenvalue weighted by atomic mass is 35.5. The summed E-state index contributed by atoms with van der Waals surface area (Å²) in [5, 5.41) is 6.29. The van der Waals surface area contributed by atoms with Crippen molar-refractivity contribution in [2.45, 2.75) is 19.4 Å². The Balaban J connectivity index is 0.00000192. The number of hydrogen-bond donors (Lipinski definition) is 2. The fourth-order valence-electron chi connectivity index (χ4n) is 2.54. The Morgan fingerprint density at radius 3 is 2.57 bits per heavy atom. The third-order valence-corrected chi connectivity index (χ3v) is 4.07. The Morgan fingerprint density at radius 2 is 2.00 bits per heavy atom. The number of rotatable bonds is 5. The highest BCUT2D eigenvalue weighted by Crippen LogP contribution is 2.18. The highest BCUT2D eigenvalue weighted by molar-refractivity contribution is 5.85. The summed E-state index contributed by atoms with van der Waals surface area (Å²) in [5.41, 5.74) is 3.35. The summed E-state index contributed by atoms with van der Waals surface area (Å²) >= 11 is 0. The zero-order valence-corrected chi connectivity index (χ0v) is 14.0. The van der Waals surface area contributed by atoms with Crippen molar-refractivity contribution in [3.05, 3.63) is 65.5 Å². The van der Waals surface area contributed by atoms with E-state index in [0.29, 0.717) is 0 Å². The van der Waals surface area contributed by atoms with Crippen molar-refractivity contribution in [3.63, 3.8) is 0 Å². The maximum absolute atomic E-state index is 12.3. The molecule has 1 aromatic carbocycles. The second-order valence-corrected chi connectivity index (χ2v) is 5.86. The molecule has 3 rings (SSSR count). The minimum Gasteiger partial charge on any atom is -0.347 e. The smallest absolute Gasteiger partial charge is 0.226 e. The lowest BCUT2D eigenvalue weighted by atomic mass is 9.98. The Bertz CT molecular complexity index is 626. The fourth-order valence-corrected chi connectivity index (χ4v) is 2.54. The Kier molecular flexibility index (Phi) is 6.13. The number of nitrogens with one attached hydrogen (secondary N) is 2. The number of amides is 1. The molecule has 1 aliphatic heterocycles. The molecule has 0 saturated carbocycles. The van der Waals surface area contributed by atoms with Crippen LogP contribution in [-0.4, -0.2) is 24.0 Å². The van der Waals surface area contributed by atoms with Gasteiger partial charge in [-0.25, -0.2) is 0 Å². The monoisotopic (exact) mass is 331 g/mol. The van der Waals surface area contributed by atoms with Crippen molar-refractivity contribution < 1.29 is 4.79 Å². The first-order chi connectivity index (χ1) is 10.7. The van der Waals surface area contributed by atoms with E-state index in [2.05, 4.69) is 46.8 Å². The minimum absolute atomic E-state index is 0. The standard InChI is InChI=1S/C18H21N3O.ClH/c1-13-5-7-14(8-6-13)10-17(16-4-2-3-9-20-16)21-18(22)15-11-19-12-15;/h2-9,15,17,19H,10-12H2,1H3,(H,21,22);1H. The number of aromatic nitrogens is 1. The van der Waals surface area contributed by atoms with Gasteiger partial charge in [0.1, 0.15) is 0 Å². The molecule has 1 aromatic heterocycles. The molecule has 2 aromatic rings. The zero-order valence-electron chi connectivity index (χ0n) is 13.2. The molecule has 0 spiro atoms. The van der Waals surface area contributed by atoms with Crippen molar-refractivity contribution in [2.24, 2.45) is 5.92 Å². The summed E-state index contributed by atoms with van der Waals surface area (Å²) in [6.45, 7) is 3.61. The van der Waals surface area contributed by atoms with E-state index in [1.54, 1.807) is 6.20 Å². The van der Waals surface area contributed by atoms with Crippen molar-refractivity contribution in [2.75, 3.05) is 13.1 Å². The van der Waals surface area contributed by atoms with Crippen LogP contribution in [0.15, 0.2) is 48.7 Å². The summed E-state index contributed by atoms with van der Waals surface area (Å²) < 4.78 is 0. The molecule has 4 nitrogen and oxygen atoms in total. The molecule has 1 saturated heterocycles. The van der Waals surface area contributed by atoms with Crippen LogP contribution < -0.4 is 10.6 Å². The molecule has 1 amide bonds. The lowest BCUT2D eigenvalue weighted by Crippen LogP contribution is -2.51. The van der Waals surface area contributed by atoms with Gasteiger partial charge < -0.3 is 10.6 Å². The molecule has 122 valence electrons. The third kappa shape index (κ3) is 4.53. The van der Waals surface area contributed by atoms with Gasteiger partial charge in [0, 0.05) is 19.3 Å². The van der Waals surface area contributed by atoms with Gasteiger partial charge in [0.25, 0.3) is 0 Å². The quantitative estimate of drug-likeness (QED) is 0.884. The average molecular weight is 332 g/mol. The Morgan fingerprint density at radius 1 is 1.26 bits per heavy atom. The molecule has 5 heteroatoms. The maximum atomic E-state index is 12.3. The highest BCUT2D eigenvalue weighted by Gasteiger charge is 2.27. The van der Waals surface area contributed by atoms with E-state index in [0.717, 1.165) is 25.2 Å². The van der Waals surface area contributed by atoms with Crippen molar-refractivity contribution in [1.29, 1.82) is 0 Å². The van der Waals surface area contributed by atoms with Crippen molar-refractivity contribution >= 4 is 18.3 Å². The number of carbonyl (C=O) groups excluding carboxylic acids is 1. The lowest BCUT2D eigenvalue weighted by molar-refractivity contribution is -0.127. The molecular formula is C18H22ClN3O. The van der Waals surface area contributed by atoms with Crippen LogP contribution in [0.4, 0.5) is 0 Å². The maximum Gasteiger partial charge on any atom is 0.226 e. The van der Waals surface area contributed by atoms with Crippen LogP contribution in [0.3, 0.4) is 0 Å². The average Bonchev–Trinajstić information content (AvgIpc) is 2.48. The summed E-state index contributed by atoms with van der Waals surface area (Å²) in [6, 6.07) is 14.2. The predicted molar refractivity (Wildman–Crippen MR) is 93.6 cm³/mol. The first kappa shape index (κ1) is 17.4. The Labute approximate surface area is 143 Å². The van der Waals surface area contributed by atoms with Gasteiger partial charge in [-0.2, -0.15) is 0 Å². The number of carbonyl (C=O) groups is 1. The number of benzene rings is 1. The van der Waals surface area contributed by atoms with E-state index in [1.165, 1.54) is 11.1 Å². The van der Waals surface area contributed by atoms with Crippen LogP contribution in [0.5, 0.6) is 0 Å². The first-order valence-electron chi connectivity index (χ1n) is 7.70. The van der Waals surface area contributed by atoms with Crippen LogP contribution in [0, 0.1) is 12.8 Å². The van der Waals surface area contributed by atoms with Gasteiger partial charge >= 0.3 is 0 Å². The van der Waals surface area contributed by atoms with Crippen LogP contribution >= 0.6 is 12.4 Å². The number of pyridine rings is 1. The molecule has 0 aliphatic carbocycles. The molecular weight excluding hydrogens is 310 g/mol. The van der Waals surface area contributed by atoms with Gasteiger partial charge in [0.15, 0.2) is 0 Å². The molecule has 1 fully saturated rings. The van der Waals surface area contributed by atoms with E-state index in [9.17, 15) is 4.79 Å². The second-order valence-electron chi connectivity index (χ2n) is 5.86. The van der Waals surface area contributed by atoms with Crippen molar-refractivity contribution in [1.82, 2.24) is 15.6 Å². The minimum atomic E-state index is -0.0861. The SMILES string of the molecule is Cc1ccc(CC(NC(=O)C2CNC2)c2ccccn2)cc1.Cl. The summed E-state index contributed by atoms with van der Waals surface area (Å²) in [4.78, 5) is 16.7. The molecule has 1 unspecified atom stereocenters. The predicted octanol–water partition coefficient (Wildman–Crippen LogP) is 2.43. The van der Waals surface area contributed by atoms with Gasteiger partial charge in [-0.05, 0) is 31.0 Å². The van der Waals surface area contributed by atoms with Gasteiger partial charge in [0.2, 0.25) is 5.91 Å². The molecule has 0 bridgehead atoms. The Hall–Kier alpha value is -1.91. The van der Waals surface area contributed by atoms with E-state index >= 15 is 0 Å². The fraction of sp³-hybridized carbons (Fsp3) is 0.333. The number of hydrogen-bond acceptors (Lipinski definition) is 3. The summed E-state index contributed by atoms with van der Waals surface area (Å²) in [7, 11) is 0. The molecule has 0 radical (unpaired) electrons. The summed E-state index contributed by atoms with van der Waals surface area (Å²) in [5.74, 6) is 0.200. The van der Waals surface area contributed by atoms with E-state index < -0.39 is 0 Å². The topological polar surface area (TPSA) is 54.0 Å². The normalized spacial score (nSPS) is 15.2. The van der Waals surface area contributed by atoms with Crippen LogP contribution in [0.1, 0.15) is 22.9 Å². The number of halogens is 1. The molecule has 2 N–H and O–H groups in total. The third-order valence-electron chi connectivity index (χ3n) is 4.07. The number of nitrogens with zero attached hydrogens (tertiary/aromatic N) is 1. The van der Waals surface area contributed by atoms with E-state index in [4.69, 9.17) is 0 Å². The van der Waals surface area contributed by atoms with Crippen molar-refractivity contribution in [3.8, 4) is 0 Å².